The maximum atomic E-state index is 13.4. The molecule has 7 heteroatoms. The molecule has 114 valence electrons. The first kappa shape index (κ1) is 18.7. The molecule has 1 aromatic carbocycles. The third-order valence-corrected chi connectivity index (χ3v) is 2.66. The SMILES string of the molecule is CC(C)CC(CN)NC(=O)c1ccc(F)c(F)c1F.Cl. The van der Waals surface area contributed by atoms with Crippen molar-refractivity contribution in [3.8, 4) is 0 Å². The Labute approximate surface area is 122 Å². The van der Waals surface area contributed by atoms with E-state index in [1.165, 1.54) is 0 Å². The molecular weight excluding hydrogens is 293 g/mol. The van der Waals surface area contributed by atoms with Gasteiger partial charge in [0.05, 0.1) is 5.56 Å². The van der Waals surface area contributed by atoms with Crippen LogP contribution >= 0.6 is 12.4 Å². The summed E-state index contributed by atoms with van der Waals surface area (Å²) in [6, 6.07) is 1.29. The van der Waals surface area contributed by atoms with E-state index < -0.39 is 28.9 Å². The maximum absolute atomic E-state index is 13.4. The highest BCUT2D eigenvalue weighted by atomic mass is 35.5. The lowest BCUT2D eigenvalue weighted by Crippen LogP contribution is -2.41. The Bertz CT molecular complexity index is 469. The highest BCUT2D eigenvalue weighted by molar-refractivity contribution is 5.94. The molecule has 0 aliphatic heterocycles. The Morgan fingerprint density at radius 1 is 1.25 bits per heavy atom. The van der Waals surface area contributed by atoms with E-state index in [1.54, 1.807) is 0 Å². The number of amides is 1. The van der Waals surface area contributed by atoms with Gasteiger partial charge in [-0.15, -0.1) is 12.4 Å². The molecule has 3 nitrogen and oxygen atoms in total. The van der Waals surface area contributed by atoms with Gasteiger partial charge in [0.25, 0.3) is 5.91 Å². The van der Waals surface area contributed by atoms with Gasteiger partial charge >= 0.3 is 0 Å². The minimum atomic E-state index is -1.65. The van der Waals surface area contributed by atoms with Crippen molar-refractivity contribution in [2.24, 2.45) is 11.7 Å². The summed E-state index contributed by atoms with van der Waals surface area (Å²) in [7, 11) is 0. The summed E-state index contributed by atoms with van der Waals surface area (Å²) in [5.41, 5.74) is 4.97. The van der Waals surface area contributed by atoms with Crippen molar-refractivity contribution in [1.82, 2.24) is 5.32 Å². The standard InChI is InChI=1S/C13H17F3N2O.ClH/c1-7(2)5-8(6-17)18-13(19)9-3-4-10(14)12(16)11(9)15;/h3-4,7-8H,5-6,17H2,1-2H3,(H,18,19);1H. The first-order chi connectivity index (χ1) is 8.86. The summed E-state index contributed by atoms with van der Waals surface area (Å²) in [5, 5.41) is 2.51. The highest BCUT2D eigenvalue weighted by Crippen LogP contribution is 2.15. The van der Waals surface area contributed by atoms with Crippen molar-refractivity contribution in [1.29, 1.82) is 0 Å². The summed E-state index contributed by atoms with van der Waals surface area (Å²) in [6.07, 6.45) is 0.619. The molecule has 0 heterocycles. The molecule has 1 atom stereocenters. The molecule has 0 bridgehead atoms. The monoisotopic (exact) mass is 310 g/mol. The largest absolute Gasteiger partial charge is 0.348 e. The fraction of sp³-hybridized carbons (Fsp3) is 0.462. The maximum Gasteiger partial charge on any atom is 0.254 e. The van der Waals surface area contributed by atoms with Gasteiger partial charge in [0.2, 0.25) is 0 Å². The zero-order valence-corrected chi connectivity index (χ0v) is 12.1. The summed E-state index contributed by atoms with van der Waals surface area (Å²) in [5.74, 6) is -4.97. The molecule has 1 amide bonds. The molecular formula is C13H18ClF3N2O. The Hall–Kier alpha value is -1.27. The van der Waals surface area contributed by atoms with Crippen LogP contribution in [0.4, 0.5) is 13.2 Å². The van der Waals surface area contributed by atoms with Crippen molar-refractivity contribution >= 4 is 18.3 Å². The molecule has 0 fully saturated rings. The van der Waals surface area contributed by atoms with E-state index in [0.717, 1.165) is 6.07 Å². The zero-order valence-electron chi connectivity index (χ0n) is 11.3. The molecule has 0 aromatic heterocycles. The van der Waals surface area contributed by atoms with Crippen molar-refractivity contribution in [2.75, 3.05) is 6.54 Å². The van der Waals surface area contributed by atoms with Crippen LogP contribution in [-0.4, -0.2) is 18.5 Å². The average Bonchev–Trinajstić information content (AvgIpc) is 2.34. The van der Waals surface area contributed by atoms with Gasteiger partial charge in [-0.2, -0.15) is 0 Å². The number of nitrogens with one attached hydrogen (secondary N) is 1. The first-order valence-electron chi connectivity index (χ1n) is 6.01. The third kappa shape index (κ3) is 4.68. The highest BCUT2D eigenvalue weighted by Gasteiger charge is 2.21. The quantitative estimate of drug-likeness (QED) is 0.821. The molecule has 0 saturated heterocycles. The second-order valence-corrected chi connectivity index (χ2v) is 4.76. The number of halogens is 4. The average molecular weight is 311 g/mol. The lowest BCUT2D eigenvalue weighted by atomic mass is 10.0. The van der Waals surface area contributed by atoms with Crippen LogP contribution in [0.3, 0.4) is 0 Å². The molecule has 0 radical (unpaired) electrons. The van der Waals surface area contributed by atoms with Crippen molar-refractivity contribution in [3.05, 3.63) is 35.1 Å². The molecule has 1 rings (SSSR count). The van der Waals surface area contributed by atoms with Crippen LogP contribution < -0.4 is 11.1 Å². The van der Waals surface area contributed by atoms with E-state index in [0.29, 0.717) is 18.4 Å². The molecule has 1 aromatic rings. The van der Waals surface area contributed by atoms with Crippen molar-refractivity contribution < 1.29 is 18.0 Å². The fourth-order valence-electron chi connectivity index (χ4n) is 1.75. The summed E-state index contributed by atoms with van der Waals surface area (Å²) < 4.78 is 39.2. The van der Waals surface area contributed by atoms with E-state index in [2.05, 4.69) is 5.32 Å². The molecule has 0 saturated carbocycles. The molecule has 1 unspecified atom stereocenters. The lowest BCUT2D eigenvalue weighted by Gasteiger charge is -2.19. The van der Waals surface area contributed by atoms with Gasteiger partial charge < -0.3 is 11.1 Å². The molecule has 20 heavy (non-hydrogen) atoms. The second kappa shape index (κ2) is 8.11. The minimum absolute atomic E-state index is 0. The van der Waals surface area contributed by atoms with Gasteiger partial charge in [-0.25, -0.2) is 13.2 Å². The van der Waals surface area contributed by atoms with Gasteiger partial charge in [0.1, 0.15) is 0 Å². The van der Waals surface area contributed by atoms with Gasteiger partial charge in [0.15, 0.2) is 17.5 Å². The molecule has 0 spiro atoms. The Morgan fingerprint density at radius 2 is 1.85 bits per heavy atom. The minimum Gasteiger partial charge on any atom is -0.348 e. The summed E-state index contributed by atoms with van der Waals surface area (Å²) in [4.78, 5) is 11.8. The third-order valence-electron chi connectivity index (χ3n) is 2.66. The normalized spacial score (nSPS) is 11.9. The number of benzene rings is 1. The predicted octanol–water partition coefficient (Wildman–Crippen LogP) is 2.63. The smallest absolute Gasteiger partial charge is 0.254 e. The van der Waals surface area contributed by atoms with E-state index in [1.807, 2.05) is 13.8 Å². The van der Waals surface area contributed by atoms with Crippen molar-refractivity contribution in [3.63, 3.8) is 0 Å². The van der Waals surface area contributed by atoms with Gasteiger partial charge in [0, 0.05) is 12.6 Å². The van der Waals surface area contributed by atoms with E-state index in [9.17, 15) is 18.0 Å². The molecule has 0 aliphatic carbocycles. The Kier molecular flexibility index (Phi) is 7.60. The summed E-state index contributed by atoms with van der Waals surface area (Å²) >= 11 is 0. The van der Waals surface area contributed by atoms with E-state index in [4.69, 9.17) is 5.73 Å². The van der Waals surface area contributed by atoms with Crippen LogP contribution in [0, 0.1) is 23.4 Å². The predicted molar refractivity (Wildman–Crippen MR) is 73.3 cm³/mol. The molecule has 0 aliphatic rings. The zero-order chi connectivity index (χ0) is 14.6. The molecule has 3 N–H and O–H groups in total. The van der Waals surface area contributed by atoms with Gasteiger partial charge in [-0.05, 0) is 24.5 Å². The van der Waals surface area contributed by atoms with Crippen LogP contribution in [0.15, 0.2) is 12.1 Å². The van der Waals surface area contributed by atoms with Gasteiger partial charge in [-0.3, -0.25) is 4.79 Å². The van der Waals surface area contributed by atoms with E-state index in [-0.39, 0.29) is 25.0 Å². The fourth-order valence-corrected chi connectivity index (χ4v) is 1.75. The number of carbonyl (C=O) groups excluding carboxylic acids is 1. The number of hydrogen-bond donors (Lipinski definition) is 2. The Morgan fingerprint density at radius 3 is 2.35 bits per heavy atom. The van der Waals surface area contributed by atoms with E-state index >= 15 is 0 Å². The van der Waals surface area contributed by atoms with Crippen LogP contribution in [0.25, 0.3) is 0 Å². The number of hydrogen-bond acceptors (Lipinski definition) is 2. The van der Waals surface area contributed by atoms with Crippen LogP contribution in [0.5, 0.6) is 0 Å². The van der Waals surface area contributed by atoms with Crippen LogP contribution in [0.2, 0.25) is 0 Å². The lowest BCUT2D eigenvalue weighted by molar-refractivity contribution is 0.0928. The van der Waals surface area contributed by atoms with Crippen LogP contribution in [0.1, 0.15) is 30.6 Å². The topological polar surface area (TPSA) is 55.1 Å². The number of rotatable bonds is 5. The van der Waals surface area contributed by atoms with Crippen molar-refractivity contribution in [2.45, 2.75) is 26.3 Å². The number of nitrogens with two attached hydrogens (primary N) is 1. The van der Waals surface area contributed by atoms with Gasteiger partial charge in [-0.1, -0.05) is 13.8 Å². The second-order valence-electron chi connectivity index (χ2n) is 4.76. The first-order valence-corrected chi connectivity index (χ1v) is 6.01. The van der Waals surface area contributed by atoms with Crippen LogP contribution in [-0.2, 0) is 0 Å². The Balaban J connectivity index is 0.00000361. The number of carbonyl (C=O) groups is 1. The summed E-state index contributed by atoms with van der Waals surface area (Å²) in [6.45, 7) is 4.09.